The fourth-order valence-electron chi connectivity index (χ4n) is 4.02. The first-order valence-corrected chi connectivity index (χ1v) is 9.98. The van der Waals surface area contributed by atoms with Crippen molar-refractivity contribution < 1.29 is 19.8 Å². The van der Waals surface area contributed by atoms with Crippen LogP contribution in [-0.4, -0.2) is 66.4 Å². The molecule has 1 aromatic heterocycles. The summed E-state index contributed by atoms with van der Waals surface area (Å²) in [7, 11) is 1.67. The van der Waals surface area contributed by atoms with Crippen molar-refractivity contribution in [3.63, 3.8) is 0 Å². The van der Waals surface area contributed by atoms with Gasteiger partial charge in [0.1, 0.15) is 5.41 Å². The zero-order chi connectivity index (χ0) is 22.0. The number of hydrogen-bond donors (Lipinski definition) is 2. The topological polar surface area (TPSA) is 121 Å². The summed E-state index contributed by atoms with van der Waals surface area (Å²) in [4.78, 5) is 28.3. The van der Waals surface area contributed by atoms with Gasteiger partial charge in [-0.25, -0.2) is 0 Å². The summed E-state index contributed by atoms with van der Waals surface area (Å²) in [5.41, 5.74) is 0.503. The lowest BCUT2D eigenvalue weighted by Crippen LogP contribution is -2.58. The Balaban J connectivity index is 1.56. The number of aryl methyl sites for hydroxylation is 1. The largest absolute Gasteiger partial charge is 0.481 e. The lowest BCUT2D eigenvalue weighted by molar-refractivity contribution is -0.161. The van der Waals surface area contributed by atoms with Crippen molar-refractivity contribution in [2.45, 2.75) is 18.9 Å². The van der Waals surface area contributed by atoms with Crippen molar-refractivity contribution in [1.82, 2.24) is 25.1 Å². The van der Waals surface area contributed by atoms with E-state index in [1.807, 2.05) is 30.3 Å². The molecule has 1 saturated heterocycles. The van der Waals surface area contributed by atoms with Crippen molar-refractivity contribution in [2.24, 2.45) is 12.5 Å². The van der Waals surface area contributed by atoms with E-state index in [0.29, 0.717) is 11.4 Å². The molecule has 31 heavy (non-hydrogen) atoms. The molecule has 0 bridgehead atoms. The first-order valence-electron chi connectivity index (χ1n) is 9.98. The van der Waals surface area contributed by atoms with E-state index in [-0.39, 0.29) is 31.8 Å². The number of piperidine rings is 1. The molecule has 2 atom stereocenters. The minimum Gasteiger partial charge on any atom is -0.481 e. The number of benzene rings is 2. The SMILES string of the molecule is Cn1nnc(-c2ccc(C(=O)N3CC[C@H](O)[C@@](Cc4ccccc4)(C(=O)O)C3)cc2)n1. The number of carboxylic acid groups (broad SMARTS) is 1. The number of aliphatic carboxylic acids is 1. The molecule has 2 aromatic carbocycles. The first kappa shape index (κ1) is 20.7. The van der Waals surface area contributed by atoms with Gasteiger partial charge in [-0.15, -0.1) is 10.2 Å². The molecular weight excluding hydrogens is 398 g/mol. The Bertz CT molecular complexity index is 1080. The normalized spacial score (nSPS) is 21.1. The van der Waals surface area contributed by atoms with Crippen LogP contribution < -0.4 is 0 Å². The van der Waals surface area contributed by atoms with E-state index in [2.05, 4.69) is 15.4 Å². The van der Waals surface area contributed by atoms with Crippen LogP contribution in [0.5, 0.6) is 0 Å². The van der Waals surface area contributed by atoms with Gasteiger partial charge in [0.05, 0.1) is 13.2 Å². The van der Waals surface area contributed by atoms with E-state index in [1.165, 1.54) is 9.70 Å². The molecule has 160 valence electrons. The second-order valence-corrected chi connectivity index (χ2v) is 7.83. The molecule has 0 aliphatic carbocycles. The fraction of sp³-hybridized carbons (Fsp3) is 0.318. The van der Waals surface area contributed by atoms with Crippen LogP contribution in [0.15, 0.2) is 54.6 Å². The molecule has 1 aliphatic heterocycles. The van der Waals surface area contributed by atoms with Gasteiger partial charge in [0.15, 0.2) is 0 Å². The van der Waals surface area contributed by atoms with Gasteiger partial charge in [0, 0.05) is 24.2 Å². The van der Waals surface area contributed by atoms with Gasteiger partial charge in [-0.1, -0.05) is 42.5 Å². The van der Waals surface area contributed by atoms with E-state index in [9.17, 15) is 19.8 Å². The molecule has 9 heteroatoms. The summed E-state index contributed by atoms with van der Waals surface area (Å²) in [6.45, 7) is 0.224. The number of likely N-dealkylation sites (tertiary alicyclic amines) is 1. The average Bonchev–Trinajstić information content (AvgIpc) is 3.22. The summed E-state index contributed by atoms with van der Waals surface area (Å²) in [6, 6.07) is 16.0. The Hall–Kier alpha value is -3.59. The van der Waals surface area contributed by atoms with Gasteiger partial charge in [0.2, 0.25) is 5.82 Å². The molecular formula is C22H23N5O4. The summed E-state index contributed by atoms with van der Waals surface area (Å²) < 4.78 is 0. The number of aliphatic hydroxyl groups excluding tert-OH is 1. The highest BCUT2D eigenvalue weighted by Gasteiger charge is 2.50. The number of nitrogens with zero attached hydrogens (tertiary/aromatic N) is 5. The van der Waals surface area contributed by atoms with Crippen LogP contribution in [-0.2, 0) is 18.3 Å². The third kappa shape index (κ3) is 4.04. The maximum Gasteiger partial charge on any atom is 0.314 e. The summed E-state index contributed by atoms with van der Waals surface area (Å²) >= 11 is 0. The van der Waals surface area contributed by atoms with Crippen molar-refractivity contribution in [2.75, 3.05) is 13.1 Å². The number of carboxylic acids is 1. The van der Waals surface area contributed by atoms with Gasteiger partial charge in [-0.05, 0) is 35.8 Å². The zero-order valence-corrected chi connectivity index (χ0v) is 17.0. The molecule has 9 nitrogen and oxygen atoms in total. The lowest BCUT2D eigenvalue weighted by Gasteiger charge is -2.43. The Labute approximate surface area is 178 Å². The van der Waals surface area contributed by atoms with Crippen LogP contribution in [0, 0.1) is 5.41 Å². The Morgan fingerprint density at radius 3 is 2.45 bits per heavy atom. The van der Waals surface area contributed by atoms with Crippen molar-refractivity contribution in [3.8, 4) is 11.4 Å². The van der Waals surface area contributed by atoms with Crippen molar-refractivity contribution >= 4 is 11.9 Å². The van der Waals surface area contributed by atoms with Crippen LogP contribution in [0.4, 0.5) is 0 Å². The van der Waals surface area contributed by atoms with E-state index in [4.69, 9.17) is 0 Å². The van der Waals surface area contributed by atoms with Crippen molar-refractivity contribution in [3.05, 3.63) is 65.7 Å². The Kier molecular flexibility index (Phi) is 5.51. The highest BCUT2D eigenvalue weighted by Crippen LogP contribution is 2.35. The molecule has 2 N–H and O–H groups in total. The molecule has 1 amide bonds. The van der Waals surface area contributed by atoms with Gasteiger partial charge in [-0.3, -0.25) is 9.59 Å². The number of rotatable bonds is 5. The minimum atomic E-state index is -1.46. The van der Waals surface area contributed by atoms with Crippen molar-refractivity contribution in [1.29, 1.82) is 0 Å². The van der Waals surface area contributed by atoms with E-state index < -0.39 is 17.5 Å². The maximum absolute atomic E-state index is 13.1. The Morgan fingerprint density at radius 1 is 1.13 bits per heavy atom. The van der Waals surface area contributed by atoms with E-state index in [1.54, 1.807) is 31.3 Å². The summed E-state index contributed by atoms with van der Waals surface area (Å²) in [5.74, 6) is -0.926. The third-order valence-corrected chi connectivity index (χ3v) is 5.76. The monoisotopic (exact) mass is 421 g/mol. The predicted octanol–water partition coefficient (Wildman–Crippen LogP) is 1.40. The highest BCUT2D eigenvalue weighted by molar-refractivity contribution is 5.95. The van der Waals surface area contributed by atoms with Crippen LogP contribution in [0.25, 0.3) is 11.4 Å². The maximum atomic E-state index is 13.1. The molecule has 1 fully saturated rings. The molecule has 4 rings (SSSR count). The number of tetrazole rings is 1. The number of amides is 1. The molecule has 1 aliphatic rings. The number of aliphatic hydroxyl groups is 1. The van der Waals surface area contributed by atoms with Crippen LogP contribution in [0.2, 0.25) is 0 Å². The third-order valence-electron chi connectivity index (χ3n) is 5.76. The molecule has 0 unspecified atom stereocenters. The fourth-order valence-corrected chi connectivity index (χ4v) is 4.02. The van der Waals surface area contributed by atoms with Crippen LogP contribution >= 0.6 is 0 Å². The molecule has 3 aromatic rings. The van der Waals surface area contributed by atoms with E-state index >= 15 is 0 Å². The van der Waals surface area contributed by atoms with Gasteiger partial charge < -0.3 is 15.1 Å². The molecule has 0 spiro atoms. The molecule has 0 radical (unpaired) electrons. The Morgan fingerprint density at radius 2 is 1.84 bits per heavy atom. The zero-order valence-electron chi connectivity index (χ0n) is 17.0. The second-order valence-electron chi connectivity index (χ2n) is 7.83. The standard InChI is InChI=1S/C22H23N5O4/c1-26-24-19(23-25-26)16-7-9-17(10-8-16)20(29)27-12-11-18(28)22(14-27,21(30)31)13-15-5-3-2-4-6-15/h2-10,18,28H,11-14H2,1H3,(H,30,31)/t18-,22-/m0/s1. The number of hydrogen-bond acceptors (Lipinski definition) is 6. The smallest absolute Gasteiger partial charge is 0.314 e. The number of carbonyl (C=O) groups is 2. The van der Waals surface area contributed by atoms with E-state index in [0.717, 1.165) is 11.1 Å². The quantitative estimate of drug-likeness (QED) is 0.639. The second kappa shape index (κ2) is 8.27. The average molecular weight is 421 g/mol. The summed E-state index contributed by atoms with van der Waals surface area (Å²) in [6.07, 6.45) is -0.697. The minimum absolute atomic E-state index is 0.0648. The van der Waals surface area contributed by atoms with Crippen LogP contribution in [0.1, 0.15) is 22.3 Å². The number of carbonyl (C=O) groups excluding carboxylic acids is 1. The van der Waals surface area contributed by atoms with Crippen LogP contribution in [0.3, 0.4) is 0 Å². The first-order chi connectivity index (χ1) is 14.9. The lowest BCUT2D eigenvalue weighted by atomic mass is 9.72. The molecule has 2 heterocycles. The van der Waals surface area contributed by atoms with Gasteiger partial charge in [-0.2, -0.15) is 4.80 Å². The predicted molar refractivity (Wildman–Crippen MR) is 111 cm³/mol. The summed E-state index contributed by atoms with van der Waals surface area (Å²) in [5, 5.41) is 32.6. The van der Waals surface area contributed by atoms with Gasteiger partial charge in [0.25, 0.3) is 5.91 Å². The van der Waals surface area contributed by atoms with Gasteiger partial charge >= 0.3 is 5.97 Å². The highest BCUT2D eigenvalue weighted by atomic mass is 16.4. The molecule has 0 saturated carbocycles. The number of aromatic nitrogens is 4.